The summed E-state index contributed by atoms with van der Waals surface area (Å²) in [4.78, 5) is 10.8. The SMILES string of the molecule is CC(=O)O[C@H](C)c1ccc(CC(C)C)cc1. The highest BCUT2D eigenvalue weighted by molar-refractivity contribution is 5.66. The van der Waals surface area contributed by atoms with E-state index in [9.17, 15) is 4.79 Å². The molecule has 0 saturated heterocycles. The van der Waals surface area contributed by atoms with Crippen molar-refractivity contribution in [1.29, 1.82) is 0 Å². The first kappa shape index (κ1) is 12.8. The Labute approximate surface area is 97.6 Å². The lowest BCUT2D eigenvalue weighted by molar-refractivity contribution is -0.145. The summed E-state index contributed by atoms with van der Waals surface area (Å²) < 4.78 is 5.12. The van der Waals surface area contributed by atoms with Crippen LogP contribution in [-0.4, -0.2) is 5.97 Å². The summed E-state index contributed by atoms with van der Waals surface area (Å²) in [6, 6.07) is 8.28. The summed E-state index contributed by atoms with van der Waals surface area (Å²) in [5, 5.41) is 0. The molecule has 88 valence electrons. The molecule has 1 aromatic rings. The lowest BCUT2D eigenvalue weighted by Crippen LogP contribution is -2.05. The number of ether oxygens (including phenoxy) is 1. The topological polar surface area (TPSA) is 26.3 Å². The molecule has 0 aliphatic carbocycles. The maximum Gasteiger partial charge on any atom is 0.303 e. The Kier molecular flexibility index (Phi) is 4.53. The number of carbonyl (C=O) groups excluding carboxylic acids is 1. The van der Waals surface area contributed by atoms with E-state index in [4.69, 9.17) is 4.74 Å². The van der Waals surface area contributed by atoms with Gasteiger partial charge in [0, 0.05) is 6.92 Å². The van der Waals surface area contributed by atoms with Crippen LogP contribution in [0.4, 0.5) is 0 Å². The first-order chi connectivity index (χ1) is 7.49. The number of carbonyl (C=O) groups is 1. The molecule has 0 unspecified atom stereocenters. The van der Waals surface area contributed by atoms with Crippen LogP contribution in [0.5, 0.6) is 0 Å². The number of hydrogen-bond donors (Lipinski definition) is 0. The molecule has 0 heterocycles. The van der Waals surface area contributed by atoms with Crippen molar-refractivity contribution in [3.8, 4) is 0 Å². The van der Waals surface area contributed by atoms with Gasteiger partial charge < -0.3 is 4.74 Å². The summed E-state index contributed by atoms with van der Waals surface area (Å²) in [5.74, 6) is 0.426. The lowest BCUT2D eigenvalue weighted by Gasteiger charge is -2.13. The third-order valence-corrected chi connectivity index (χ3v) is 2.44. The van der Waals surface area contributed by atoms with Crippen molar-refractivity contribution in [3.63, 3.8) is 0 Å². The van der Waals surface area contributed by atoms with Crippen LogP contribution < -0.4 is 0 Å². The van der Waals surface area contributed by atoms with Crippen molar-refractivity contribution in [2.75, 3.05) is 0 Å². The number of benzene rings is 1. The van der Waals surface area contributed by atoms with E-state index in [2.05, 4.69) is 26.0 Å². The highest BCUT2D eigenvalue weighted by Gasteiger charge is 2.08. The van der Waals surface area contributed by atoms with Crippen molar-refractivity contribution in [2.24, 2.45) is 5.92 Å². The fraction of sp³-hybridized carbons (Fsp3) is 0.500. The third-order valence-electron chi connectivity index (χ3n) is 2.44. The molecular weight excluding hydrogens is 200 g/mol. The lowest BCUT2D eigenvalue weighted by atomic mass is 10.0. The van der Waals surface area contributed by atoms with Crippen molar-refractivity contribution in [2.45, 2.75) is 40.2 Å². The molecule has 2 nitrogen and oxygen atoms in total. The van der Waals surface area contributed by atoms with Crippen LogP contribution >= 0.6 is 0 Å². The Morgan fingerprint density at radius 2 is 1.75 bits per heavy atom. The summed E-state index contributed by atoms with van der Waals surface area (Å²) in [5.41, 5.74) is 2.37. The molecule has 0 aromatic heterocycles. The van der Waals surface area contributed by atoms with Crippen LogP contribution in [0.1, 0.15) is 44.9 Å². The molecule has 0 bridgehead atoms. The molecule has 0 fully saturated rings. The fourth-order valence-electron chi connectivity index (χ4n) is 1.71. The highest BCUT2D eigenvalue weighted by atomic mass is 16.5. The van der Waals surface area contributed by atoms with E-state index in [1.807, 2.05) is 19.1 Å². The predicted molar refractivity (Wildman–Crippen MR) is 65.2 cm³/mol. The quantitative estimate of drug-likeness (QED) is 0.726. The van der Waals surface area contributed by atoms with Crippen LogP contribution in [0.25, 0.3) is 0 Å². The van der Waals surface area contributed by atoms with Crippen LogP contribution in [-0.2, 0) is 16.0 Å². The second-order valence-corrected chi connectivity index (χ2v) is 4.59. The van der Waals surface area contributed by atoms with Gasteiger partial charge in [0.25, 0.3) is 0 Å². The largest absolute Gasteiger partial charge is 0.458 e. The number of rotatable bonds is 4. The zero-order chi connectivity index (χ0) is 12.1. The van der Waals surface area contributed by atoms with Crippen molar-refractivity contribution in [1.82, 2.24) is 0 Å². The first-order valence-electron chi connectivity index (χ1n) is 5.75. The maximum atomic E-state index is 10.8. The second kappa shape index (κ2) is 5.69. The van der Waals surface area contributed by atoms with Gasteiger partial charge in [-0.2, -0.15) is 0 Å². The van der Waals surface area contributed by atoms with E-state index < -0.39 is 0 Å². The monoisotopic (exact) mass is 220 g/mol. The van der Waals surface area contributed by atoms with Crippen LogP contribution in [0.2, 0.25) is 0 Å². The standard InChI is InChI=1S/C14H20O2/c1-10(2)9-13-5-7-14(8-6-13)11(3)16-12(4)15/h5-8,10-11H,9H2,1-4H3/t11-/m1/s1. The minimum absolute atomic E-state index is 0.161. The van der Waals surface area contributed by atoms with Crippen LogP contribution in [0, 0.1) is 5.92 Å². The molecule has 0 N–H and O–H groups in total. The molecule has 16 heavy (non-hydrogen) atoms. The Morgan fingerprint density at radius 1 is 1.19 bits per heavy atom. The van der Waals surface area contributed by atoms with Gasteiger partial charge in [-0.15, -0.1) is 0 Å². The minimum atomic E-state index is -0.237. The van der Waals surface area contributed by atoms with Crippen LogP contribution in [0.15, 0.2) is 24.3 Å². The summed E-state index contributed by atoms with van der Waals surface area (Å²) in [6.45, 7) is 7.73. The van der Waals surface area contributed by atoms with Gasteiger partial charge in [0.15, 0.2) is 0 Å². The van der Waals surface area contributed by atoms with E-state index in [-0.39, 0.29) is 12.1 Å². The molecule has 0 spiro atoms. The van der Waals surface area contributed by atoms with Gasteiger partial charge in [0.2, 0.25) is 0 Å². The number of esters is 1. The van der Waals surface area contributed by atoms with Crippen molar-refractivity contribution >= 4 is 5.97 Å². The first-order valence-corrected chi connectivity index (χ1v) is 5.75. The second-order valence-electron chi connectivity index (χ2n) is 4.59. The molecule has 0 aliphatic rings. The zero-order valence-electron chi connectivity index (χ0n) is 10.5. The van der Waals surface area contributed by atoms with Gasteiger partial charge in [-0.3, -0.25) is 4.79 Å². The van der Waals surface area contributed by atoms with Gasteiger partial charge in [-0.05, 0) is 30.4 Å². The van der Waals surface area contributed by atoms with E-state index in [0.29, 0.717) is 5.92 Å². The van der Waals surface area contributed by atoms with E-state index >= 15 is 0 Å². The molecule has 1 aromatic carbocycles. The molecule has 0 amide bonds. The summed E-state index contributed by atoms with van der Waals surface area (Å²) >= 11 is 0. The molecule has 2 heteroatoms. The minimum Gasteiger partial charge on any atom is -0.458 e. The van der Waals surface area contributed by atoms with Gasteiger partial charge >= 0.3 is 5.97 Å². The Balaban J connectivity index is 2.66. The van der Waals surface area contributed by atoms with E-state index in [1.165, 1.54) is 12.5 Å². The number of hydrogen-bond acceptors (Lipinski definition) is 2. The summed E-state index contributed by atoms with van der Waals surface area (Å²) in [7, 11) is 0. The highest BCUT2D eigenvalue weighted by Crippen LogP contribution is 2.18. The van der Waals surface area contributed by atoms with Gasteiger partial charge in [-0.25, -0.2) is 0 Å². The summed E-state index contributed by atoms with van der Waals surface area (Å²) in [6.07, 6.45) is 0.924. The zero-order valence-corrected chi connectivity index (χ0v) is 10.5. The molecule has 1 atom stereocenters. The Bertz CT molecular complexity index is 338. The van der Waals surface area contributed by atoms with Gasteiger partial charge in [0.05, 0.1) is 0 Å². The maximum absolute atomic E-state index is 10.8. The van der Waals surface area contributed by atoms with Gasteiger partial charge in [0.1, 0.15) is 6.10 Å². The van der Waals surface area contributed by atoms with Gasteiger partial charge in [-0.1, -0.05) is 38.1 Å². The average molecular weight is 220 g/mol. The average Bonchev–Trinajstić information content (AvgIpc) is 2.16. The van der Waals surface area contributed by atoms with Crippen LogP contribution in [0.3, 0.4) is 0 Å². The molecule has 0 saturated carbocycles. The molecule has 0 radical (unpaired) electrons. The van der Waals surface area contributed by atoms with Crippen molar-refractivity contribution < 1.29 is 9.53 Å². The Morgan fingerprint density at radius 3 is 2.19 bits per heavy atom. The van der Waals surface area contributed by atoms with E-state index in [1.54, 1.807) is 0 Å². The smallest absolute Gasteiger partial charge is 0.303 e. The Hall–Kier alpha value is -1.31. The fourth-order valence-corrected chi connectivity index (χ4v) is 1.71. The normalized spacial score (nSPS) is 12.6. The molecule has 0 aliphatic heterocycles. The molecular formula is C14H20O2. The van der Waals surface area contributed by atoms with Crippen molar-refractivity contribution in [3.05, 3.63) is 35.4 Å². The predicted octanol–water partition coefficient (Wildman–Crippen LogP) is 3.51. The van der Waals surface area contributed by atoms with E-state index in [0.717, 1.165) is 12.0 Å². The molecule has 1 rings (SSSR count). The third kappa shape index (κ3) is 4.05.